The predicted molar refractivity (Wildman–Crippen MR) is 102 cm³/mol. The summed E-state index contributed by atoms with van der Waals surface area (Å²) in [5.74, 6) is -1.63. The standard InChI is InChI=1S/C19H17N3O7/c1-28-16-5-3-2-4-13(16)8-11-18(24)29-12-17(23)20-21-19(25)14-6-9-15(10-7-14)22(26)27/h2-11H,12H2,1H3,(H,20,23)(H,21,25)/b11-8+. The van der Waals surface area contributed by atoms with Crippen molar-refractivity contribution < 1.29 is 28.8 Å². The lowest BCUT2D eigenvalue weighted by molar-refractivity contribution is -0.384. The van der Waals surface area contributed by atoms with Crippen LogP contribution in [0.4, 0.5) is 5.69 Å². The summed E-state index contributed by atoms with van der Waals surface area (Å²) < 4.78 is 9.92. The second kappa shape index (κ2) is 10.2. The predicted octanol–water partition coefficient (Wildman–Crippen LogP) is 1.62. The van der Waals surface area contributed by atoms with E-state index < -0.39 is 29.3 Å². The number of ether oxygens (including phenoxy) is 2. The van der Waals surface area contributed by atoms with Crippen LogP contribution in [-0.2, 0) is 14.3 Å². The van der Waals surface area contributed by atoms with Gasteiger partial charge in [0.25, 0.3) is 17.5 Å². The van der Waals surface area contributed by atoms with Gasteiger partial charge in [0.05, 0.1) is 12.0 Å². The maximum atomic E-state index is 11.9. The minimum atomic E-state index is -0.765. The van der Waals surface area contributed by atoms with E-state index in [1.807, 2.05) is 0 Å². The zero-order chi connectivity index (χ0) is 21.2. The molecule has 0 unspecified atom stereocenters. The Morgan fingerprint density at radius 3 is 2.41 bits per heavy atom. The van der Waals surface area contributed by atoms with E-state index in [-0.39, 0.29) is 11.3 Å². The molecular weight excluding hydrogens is 382 g/mol. The summed E-state index contributed by atoms with van der Waals surface area (Å²) in [6.07, 6.45) is 2.62. The summed E-state index contributed by atoms with van der Waals surface area (Å²) in [5, 5.41) is 10.6. The lowest BCUT2D eigenvalue weighted by Crippen LogP contribution is -2.43. The first-order valence-corrected chi connectivity index (χ1v) is 8.22. The molecule has 0 fully saturated rings. The van der Waals surface area contributed by atoms with Crippen LogP contribution < -0.4 is 15.6 Å². The Morgan fingerprint density at radius 1 is 1.07 bits per heavy atom. The van der Waals surface area contributed by atoms with Crippen LogP contribution in [0.2, 0.25) is 0 Å². The molecule has 150 valence electrons. The van der Waals surface area contributed by atoms with Crippen LogP contribution in [0.5, 0.6) is 5.75 Å². The van der Waals surface area contributed by atoms with Crippen LogP contribution >= 0.6 is 0 Å². The minimum Gasteiger partial charge on any atom is -0.496 e. The Bertz CT molecular complexity index is 939. The lowest BCUT2D eigenvalue weighted by Gasteiger charge is -2.07. The zero-order valence-electron chi connectivity index (χ0n) is 15.3. The summed E-state index contributed by atoms with van der Waals surface area (Å²) >= 11 is 0. The van der Waals surface area contributed by atoms with E-state index in [9.17, 15) is 24.5 Å². The topological polar surface area (TPSA) is 137 Å². The van der Waals surface area contributed by atoms with Gasteiger partial charge in [-0.1, -0.05) is 18.2 Å². The first kappa shape index (κ1) is 21.1. The number of rotatable bonds is 7. The summed E-state index contributed by atoms with van der Waals surface area (Å²) in [7, 11) is 1.50. The van der Waals surface area contributed by atoms with Gasteiger partial charge in [-0.15, -0.1) is 0 Å². The first-order chi connectivity index (χ1) is 13.9. The number of nitrogens with zero attached hydrogens (tertiary/aromatic N) is 1. The normalized spacial score (nSPS) is 10.2. The van der Waals surface area contributed by atoms with Gasteiger partial charge < -0.3 is 9.47 Å². The number of hydrogen-bond acceptors (Lipinski definition) is 7. The Labute approximate surface area is 165 Å². The van der Waals surface area contributed by atoms with E-state index in [4.69, 9.17) is 9.47 Å². The highest BCUT2D eigenvalue weighted by Crippen LogP contribution is 2.18. The van der Waals surface area contributed by atoms with Crippen molar-refractivity contribution in [1.82, 2.24) is 10.9 Å². The number of nitrogens with one attached hydrogen (secondary N) is 2. The quantitative estimate of drug-likeness (QED) is 0.312. The molecule has 10 heteroatoms. The van der Waals surface area contributed by atoms with E-state index in [2.05, 4.69) is 10.9 Å². The molecule has 0 bridgehead atoms. The first-order valence-electron chi connectivity index (χ1n) is 8.22. The van der Waals surface area contributed by atoms with Crippen LogP contribution in [0.15, 0.2) is 54.6 Å². The average molecular weight is 399 g/mol. The van der Waals surface area contributed by atoms with E-state index >= 15 is 0 Å². The summed E-state index contributed by atoms with van der Waals surface area (Å²) in [6, 6.07) is 11.8. The van der Waals surface area contributed by atoms with Crippen molar-refractivity contribution in [2.75, 3.05) is 13.7 Å². The Kier molecular flexibility index (Phi) is 7.43. The molecule has 29 heavy (non-hydrogen) atoms. The molecule has 2 rings (SSSR count). The van der Waals surface area contributed by atoms with Crippen molar-refractivity contribution in [3.63, 3.8) is 0 Å². The van der Waals surface area contributed by atoms with Crippen molar-refractivity contribution in [2.45, 2.75) is 0 Å². The monoisotopic (exact) mass is 399 g/mol. The number of carbonyl (C=O) groups excluding carboxylic acids is 3. The van der Waals surface area contributed by atoms with E-state index in [0.717, 1.165) is 18.2 Å². The van der Waals surface area contributed by atoms with Crippen molar-refractivity contribution >= 4 is 29.5 Å². The van der Waals surface area contributed by atoms with Crippen LogP contribution in [-0.4, -0.2) is 36.4 Å². The number of esters is 1. The number of nitro groups is 1. The van der Waals surface area contributed by atoms with Gasteiger partial charge in [-0.3, -0.25) is 30.6 Å². The number of amides is 2. The molecule has 0 spiro atoms. The molecule has 0 radical (unpaired) electrons. The lowest BCUT2D eigenvalue weighted by atomic mass is 10.2. The fourth-order valence-corrected chi connectivity index (χ4v) is 2.12. The second-order valence-corrected chi connectivity index (χ2v) is 5.49. The SMILES string of the molecule is COc1ccccc1/C=C/C(=O)OCC(=O)NNC(=O)c1ccc([N+](=O)[O-])cc1. The van der Waals surface area contributed by atoms with Crippen molar-refractivity contribution in [3.8, 4) is 5.75 Å². The molecule has 2 aromatic carbocycles. The molecule has 10 nitrogen and oxygen atoms in total. The highest BCUT2D eigenvalue weighted by Gasteiger charge is 2.11. The molecule has 0 saturated carbocycles. The molecule has 2 N–H and O–H groups in total. The Hall–Kier alpha value is -4.21. The third-order valence-electron chi connectivity index (χ3n) is 3.54. The summed E-state index contributed by atoms with van der Waals surface area (Å²) in [4.78, 5) is 45.2. The Morgan fingerprint density at radius 2 is 1.76 bits per heavy atom. The number of hydrogen-bond donors (Lipinski definition) is 2. The third-order valence-corrected chi connectivity index (χ3v) is 3.54. The number of para-hydroxylation sites is 1. The van der Waals surface area contributed by atoms with Gasteiger partial charge in [0.2, 0.25) is 0 Å². The van der Waals surface area contributed by atoms with Crippen molar-refractivity contribution in [1.29, 1.82) is 0 Å². The average Bonchev–Trinajstić information content (AvgIpc) is 2.74. The van der Waals surface area contributed by atoms with Gasteiger partial charge in [0, 0.05) is 29.3 Å². The van der Waals surface area contributed by atoms with E-state index in [1.54, 1.807) is 24.3 Å². The maximum Gasteiger partial charge on any atom is 0.331 e. The number of hydrazine groups is 1. The zero-order valence-corrected chi connectivity index (χ0v) is 15.3. The van der Waals surface area contributed by atoms with Gasteiger partial charge in [-0.25, -0.2) is 4.79 Å². The largest absolute Gasteiger partial charge is 0.496 e. The number of nitro benzene ring substituents is 1. The van der Waals surface area contributed by atoms with Crippen molar-refractivity contribution in [3.05, 3.63) is 75.8 Å². The fraction of sp³-hybridized carbons (Fsp3) is 0.105. The summed E-state index contributed by atoms with van der Waals surface area (Å²) in [5.41, 5.74) is 4.78. The van der Waals surface area contributed by atoms with Crippen LogP contribution in [0.25, 0.3) is 6.08 Å². The van der Waals surface area contributed by atoms with E-state index in [1.165, 1.54) is 25.3 Å². The smallest absolute Gasteiger partial charge is 0.331 e. The molecule has 0 heterocycles. The number of carbonyl (C=O) groups is 3. The molecule has 0 aliphatic heterocycles. The van der Waals surface area contributed by atoms with Gasteiger partial charge in [-0.05, 0) is 24.3 Å². The maximum absolute atomic E-state index is 11.9. The molecule has 0 atom stereocenters. The van der Waals surface area contributed by atoms with Gasteiger partial charge in [0.1, 0.15) is 5.75 Å². The number of benzene rings is 2. The second-order valence-electron chi connectivity index (χ2n) is 5.49. The molecule has 2 amide bonds. The highest BCUT2D eigenvalue weighted by atomic mass is 16.6. The van der Waals surface area contributed by atoms with Crippen molar-refractivity contribution in [2.24, 2.45) is 0 Å². The number of methoxy groups -OCH3 is 1. The molecule has 0 aromatic heterocycles. The van der Waals surface area contributed by atoms with Gasteiger partial charge in [-0.2, -0.15) is 0 Å². The third kappa shape index (κ3) is 6.47. The number of non-ortho nitro benzene ring substituents is 1. The van der Waals surface area contributed by atoms with E-state index in [0.29, 0.717) is 11.3 Å². The minimum absolute atomic E-state index is 0.104. The highest BCUT2D eigenvalue weighted by molar-refractivity contribution is 5.96. The van der Waals surface area contributed by atoms with Gasteiger partial charge >= 0.3 is 5.97 Å². The molecular formula is C19H17N3O7. The van der Waals surface area contributed by atoms with Crippen LogP contribution in [0.3, 0.4) is 0 Å². The molecule has 0 aliphatic carbocycles. The Balaban J connectivity index is 1.77. The summed E-state index contributed by atoms with van der Waals surface area (Å²) in [6.45, 7) is -0.615. The van der Waals surface area contributed by atoms with Gasteiger partial charge in [0.15, 0.2) is 6.61 Å². The molecule has 0 aliphatic rings. The molecule has 0 saturated heterocycles. The molecule has 2 aromatic rings. The van der Waals surface area contributed by atoms with Crippen LogP contribution in [0, 0.1) is 10.1 Å². The van der Waals surface area contributed by atoms with Crippen LogP contribution in [0.1, 0.15) is 15.9 Å². The fourth-order valence-electron chi connectivity index (χ4n) is 2.12.